The summed E-state index contributed by atoms with van der Waals surface area (Å²) in [6, 6.07) is 12.6. The molecule has 0 aliphatic rings. The van der Waals surface area contributed by atoms with E-state index in [-0.39, 0.29) is 11.4 Å². The molecule has 0 amide bonds. The highest BCUT2D eigenvalue weighted by Gasteiger charge is 2.15. The van der Waals surface area contributed by atoms with Gasteiger partial charge in [0.05, 0.1) is 11.0 Å². The van der Waals surface area contributed by atoms with E-state index in [1.807, 2.05) is 24.3 Å². The van der Waals surface area contributed by atoms with Gasteiger partial charge < -0.3 is 5.11 Å². The molecule has 0 spiro atoms. The van der Waals surface area contributed by atoms with Crippen LogP contribution in [0.2, 0.25) is 0 Å². The monoisotopic (exact) mass is 279 g/mol. The maximum Gasteiger partial charge on any atom is 0.240 e. The van der Waals surface area contributed by atoms with Gasteiger partial charge in [-0.25, -0.2) is 13.1 Å². The lowest BCUT2D eigenvalue weighted by Crippen LogP contribution is -2.31. The number of rotatable bonds is 5. The molecule has 5 heteroatoms. The Morgan fingerprint density at radius 1 is 1.16 bits per heavy atom. The second-order valence-electron chi connectivity index (χ2n) is 4.42. The largest absolute Gasteiger partial charge is 0.392 e. The number of aliphatic hydroxyl groups excluding tert-OH is 1. The Labute approximate surface area is 113 Å². The van der Waals surface area contributed by atoms with E-state index in [4.69, 9.17) is 0 Å². The van der Waals surface area contributed by atoms with Crippen molar-refractivity contribution in [3.05, 3.63) is 42.5 Å². The highest BCUT2D eigenvalue weighted by molar-refractivity contribution is 7.89. The first-order valence-corrected chi connectivity index (χ1v) is 7.68. The molecule has 0 aliphatic carbocycles. The van der Waals surface area contributed by atoms with Gasteiger partial charge in [0, 0.05) is 6.54 Å². The van der Waals surface area contributed by atoms with Gasteiger partial charge in [0.1, 0.15) is 0 Å². The van der Waals surface area contributed by atoms with Gasteiger partial charge in [0.15, 0.2) is 0 Å². The quantitative estimate of drug-likeness (QED) is 0.878. The van der Waals surface area contributed by atoms with Crippen molar-refractivity contribution in [3.8, 4) is 0 Å². The molecule has 0 fully saturated rings. The molecule has 1 unspecified atom stereocenters. The summed E-state index contributed by atoms with van der Waals surface area (Å²) >= 11 is 0. The van der Waals surface area contributed by atoms with Crippen LogP contribution in [0.1, 0.15) is 13.3 Å². The Balaban J connectivity index is 2.27. The Bertz CT molecular complexity index is 667. The van der Waals surface area contributed by atoms with Crippen LogP contribution >= 0.6 is 0 Å². The summed E-state index contributed by atoms with van der Waals surface area (Å²) in [6.45, 7) is 1.83. The average Bonchev–Trinajstić information content (AvgIpc) is 2.44. The van der Waals surface area contributed by atoms with E-state index in [2.05, 4.69) is 4.72 Å². The van der Waals surface area contributed by atoms with Crippen LogP contribution in [-0.2, 0) is 10.0 Å². The van der Waals surface area contributed by atoms with E-state index in [0.29, 0.717) is 6.42 Å². The molecule has 0 bridgehead atoms. The molecule has 0 saturated carbocycles. The van der Waals surface area contributed by atoms with Crippen LogP contribution in [0.4, 0.5) is 0 Å². The molecular formula is C14H17NO3S. The molecule has 102 valence electrons. The molecule has 0 heterocycles. The predicted octanol–water partition coefficient (Wildman–Crippen LogP) is 1.89. The van der Waals surface area contributed by atoms with Gasteiger partial charge in [0.25, 0.3) is 0 Å². The number of hydrogen-bond donors (Lipinski definition) is 2. The highest BCUT2D eigenvalue weighted by Crippen LogP contribution is 2.18. The fourth-order valence-corrected chi connectivity index (χ4v) is 2.88. The van der Waals surface area contributed by atoms with Crippen molar-refractivity contribution >= 4 is 20.8 Å². The van der Waals surface area contributed by atoms with Gasteiger partial charge in [0.2, 0.25) is 10.0 Å². The molecule has 2 rings (SSSR count). The molecule has 1 atom stereocenters. The summed E-state index contributed by atoms with van der Waals surface area (Å²) in [5, 5.41) is 11.3. The molecule has 4 nitrogen and oxygen atoms in total. The second-order valence-corrected chi connectivity index (χ2v) is 6.19. The minimum atomic E-state index is -3.57. The fraction of sp³-hybridized carbons (Fsp3) is 0.286. The van der Waals surface area contributed by atoms with Crippen LogP contribution in [0, 0.1) is 0 Å². The second kappa shape index (κ2) is 5.69. The zero-order valence-corrected chi connectivity index (χ0v) is 11.5. The van der Waals surface area contributed by atoms with Crippen molar-refractivity contribution in [2.75, 3.05) is 6.54 Å². The molecule has 2 aromatic rings. The van der Waals surface area contributed by atoms with Crippen LogP contribution in [0.5, 0.6) is 0 Å². The number of hydrogen-bond acceptors (Lipinski definition) is 3. The number of aliphatic hydroxyl groups is 1. The smallest absolute Gasteiger partial charge is 0.240 e. The fourth-order valence-electron chi connectivity index (χ4n) is 1.77. The molecule has 0 radical (unpaired) electrons. The van der Waals surface area contributed by atoms with E-state index in [0.717, 1.165) is 10.8 Å². The molecule has 2 N–H and O–H groups in total. The van der Waals surface area contributed by atoms with Crippen molar-refractivity contribution in [2.24, 2.45) is 0 Å². The van der Waals surface area contributed by atoms with Crippen LogP contribution in [0.15, 0.2) is 47.4 Å². The summed E-state index contributed by atoms with van der Waals surface area (Å²) in [7, 11) is -3.57. The van der Waals surface area contributed by atoms with Crippen LogP contribution < -0.4 is 4.72 Å². The average molecular weight is 279 g/mol. The van der Waals surface area contributed by atoms with Gasteiger partial charge in [-0.15, -0.1) is 0 Å². The Hall–Kier alpha value is -1.43. The third-order valence-corrected chi connectivity index (χ3v) is 4.43. The minimum absolute atomic E-state index is 0.0334. The topological polar surface area (TPSA) is 66.4 Å². The Kier molecular flexibility index (Phi) is 4.19. The normalized spacial score (nSPS) is 13.6. The van der Waals surface area contributed by atoms with Crippen LogP contribution in [0.25, 0.3) is 10.8 Å². The van der Waals surface area contributed by atoms with E-state index in [9.17, 15) is 13.5 Å². The molecular weight excluding hydrogens is 262 g/mol. The third-order valence-electron chi connectivity index (χ3n) is 3.01. The molecule has 19 heavy (non-hydrogen) atoms. The lowest BCUT2D eigenvalue weighted by Gasteiger charge is -2.10. The van der Waals surface area contributed by atoms with Gasteiger partial charge in [-0.3, -0.25) is 0 Å². The van der Waals surface area contributed by atoms with Crippen LogP contribution in [0.3, 0.4) is 0 Å². The van der Waals surface area contributed by atoms with E-state index < -0.39 is 16.1 Å². The Morgan fingerprint density at radius 3 is 2.53 bits per heavy atom. The Morgan fingerprint density at radius 2 is 1.84 bits per heavy atom. The molecule has 0 aliphatic heterocycles. The van der Waals surface area contributed by atoms with Gasteiger partial charge in [-0.2, -0.15) is 0 Å². The number of fused-ring (bicyclic) bond motifs is 1. The standard InChI is InChI=1S/C14H17NO3S/c1-2-13(16)10-15-19(17,18)14-8-7-11-5-3-4-6-12(11)9-14/h3-9,13,15-16H,2,10H2,1H3. The zero-order valence-electron chi connectivity index (χ0n) is 10.7. The number of nitrogens with one attached hydrogen (secondary N) is 1. The maximum atomic E-state index is 12.1. The first kappa shape index (κ1) is 14.0. The summed E-state index contributed by atoms with van der Waals surface area (Å²) in [6.07, 6.45) is -0.143. The van der Waals surface area contributed by atoms with Gasteiger partial charge in [-0.1, -0.05) is 37.3 Å². The van der Waals surface area contributed by atoms with Crippen LogP contribution in [-0.4, -0.2) is 26.2 Å². The molecule has 2 aromatic carbocycles. The minimum Gasteiger partial charge on any atom is -0.392 e. The molecule has 0 saturated heterocycles. The van der Waals surface area contributed by atoms with E-state index >= 15 is 0 Å². The summed E-state index contributed by atoms with van der Waals surface area (Å²) in [5.41, 5.74) is 0. The summed E-state index contributed by atoms with van der Waals surface area (Å²) in [5.74, 6) is 0. The SMILES string of the molecule is CCC(O)CNS(=O)(=O)c1ccc2ccccc2c1. The van der Waals surface area contributed by atoms with Crippen molar-refractivity contribution in [1.29, 1.82) is 0 Å². The summed E-state index contributed by atoms with van der Waals surface area (Å²) < 4.78 is 26.6. The molecule has 0 aromatic heterocycles. The number of benzene rings is 2. The van der Waals surface area contributed by atoms with Gasteiger partial charge in [-0.05, 0) is 29.3 Å². The highest BCUT2D eigenvalue weighted by atomic mass is 32.2. The van der Waals surface area contributed by atoms with E-state index in [1.54, 1.807) is 25.1 Å². The first-order valence-electron chi connectivity index (χ1n) is 6.19. The van der Waals surface area contributed by atoms with Crippen molar-refractivity contribution in [2.45, 2.75) is 24.3 Å². The number of sulfonamides is 1. The summed E-state index contributed by atoms with van der Waals surface area (Å²) in [4.78, 5) is 0.217. The zero-order chi connectivity index (χ0) is 13.9. The third kappa shape index (κ3) is 3.32. The maximum absolute atomic E-state index is 12.1. The lowest BCUT2D eigenvalue weighted by molar-refractivity contribution is 0.174. The lowest BCUT2D eigenvalue weighted by atomic mass is 10.1. The van der Waals surface area contributed by atoms with E-state index in [1.165, 1.54) is 0 Å². The van der Waals surface area contributed by atoms with Crippen molar-refractivity contribution < 1.29 is 13.5 Å². The predicted molar refractivity (Wildman–Crippen MR) is 75.4 cm³/mol. The van der Waals surface area contributed by atoms with Crippen molar-refractivity contribution in [3.63, 3.8) is 0 Å². The van der Waals surface area contributed by atoms with Crippen molar-refractivity contribution in [1.82, 2.24) is 4.72 Å². The first-order chi connectivity index (χ1) is 9.03. The van der Waals surface area contributed by atoms with Gasteiger partial charge >= 0.3 is 0 Å².